The second-order valence-corrected chi connectivity index (χ2v) is 5.05. The molecular formula is C16H28FIN4. The number of halogens is 2. The second kappa shape index (κ2) is 12.6. The lowest BCUT2D eigenvalue weighted by molar-refractivity contribution is 0.331. The highest BCUT2D eigenvalue weighted by atomic mass is 127. The van der Waals surface area contributed by atoms with Gasteiger partial charge in [-0.15, -0.1) is 24.0 Å². The average molecular weight is 422 g/mol. The van der Waals surface area contributed by atoms with Crippen molar-refractivity contribution in [3.63, 3.8) is 0 Å². The summed E-state index contributed by atoms with van der Waals surface area (Å²) in [6.07, 6.45) is 1.04. The number of aliphatic imine (C=N–C) groups is 1. The lowest BCUT2D eigenvalue weighted by Crippen LogP contribution is -2.40. The monoisotopic (exact) mass is 422 g/mol. The summed E-state index contributed by atoms with van der Waals surface area (Å²) in [6, 6.07) is 6.66. The van der Waals surface area contributed by atoms with Crippen LogP contribution in [0.4, 0.5) is 4.39 Å². The van der Waals surface area contributed by atoms with Gasteiger partial charge in [0.15, 0.2) is 5.96 Å². The van der Waals surface area contributed by atoms with Crippen LogP contribution in [0, 0.1) is 5.82 Å². The van der Waals surface area contributed by atoms with Crippen molar-refractivity contribution >= 4 is 29.9 Å². The van der Waals surface area contributed by atoms with Crippen LogP contribution in [-0.2, 0) is 6.54 Å². The van der Waals surface area contributed by atoms with E-state index in [1.165, 1.54) is 12.1 Å². The molecule has 0 aliphatic rings. The van der Waals surface area contributed by atoms with Gasteiger partial charge in [-0.2, -0.15) is 0 Å². The normalized spacial score (nSPS) is 11.2. The van der Waals surface area contributed by atoms with Crippen LogP contribution in [0.3, 0.4) is 0 Å². The van der Waals surface area contributed by atoms with Gasteiger partial charge in [-0.25, -0.2) is 4.39 Å². The number of hydrogen-bond acceptors (Lipinski definition) is 2. The van der Waals surface area contributed by atoms with Crippen molar-refractivity contribution in [2.75, 3.05) is 33.2 Å². The molecule has 0 bridgehead atoms. The van der Waals surface area contributed by atoms with E-state index in [9.17, 15) is 4.39 Å². The van der Waals surface area contributed by atoms with Gasteiger partial charge in [-0.05, 0) is 38.1 Å². The number of rotatable bonds is 8. The summed E-state index contributed by atoms with van der Waals surface area (Å²) in [6.45, 7) is 8.40. The highest BCUT2D eigenvalue weighted by Crippen LogP contribution is 2.04. The molecule has 1 aromatic rings. The van der Waals surface area contributed by atoms with Gasteiger partial charge >= 0.3 is 0 Å². The summed E-state index contributed by atoms with van der Waals surface area (Å²) >= 11 is 0. The quantitative estimate of drug-likeness (QED) is 0.385. The Morgan fingerprint density at radius 3 is 2.45 bits per heavy atom. The lowest BCUT2D eigenvalue weighted by Gasteiger charge is -2.18. The Labute approximate surface area is 150 Å². The van der Waals surface area contributed by atoms with Crippen molar-refractivity contribution in [1.82, 2.24) is 15.5 Å². The van der Waals surface area contributed by atoms with Gasteiger partial charge < -0.3 is 15.5 Å². The van der Waals surface area contributed by atoms with Crippen LogP contribution in [0.1, 0.15) is 25.8 Å². The molecule has 1 aromatic carbocycles. The molecule has 0 unspecified atom stereocenters. The topological polar surface area (TPSA) is 39.7 Å². The van der Waals surface area contributed by atoms with Crippen LogP contribution in [-0.4, -0.2) is 44.1 Å². The van der Waals surface area contributed by atoms with Gasteiger partial charge in [0.2, 0.25) is 0 Å². The first-order valence-electron chi connectivity index (χ1n) is 7.60. The van der Waals surface area contributed by atoms with Gasteiger partial charge in [-0.3, -0.25) is 4.99 Å². The fraction of sp³-hybridized carbons (Fsp3) is 0.562. The minimum absolute atomic E-state index is 0. The number of nitrogens with one attached hydrogen (secondary N) is 2. The molecule has 0 aromatic heterocycles. The third-order valence-corrected chi connectivity index (χ3v) is 2.99. The van der Waals surface area contributed by atoms with Gasteiger partial charge in [0.05, 0.1) is 0 Å². The molecule has 0 aliphatic carbocycles. The highest BCUT2D eigenvalue weighted by molar-refractivity contribution is 14.0. The lowest BCUT2D eigenvalue weighted by atomic mass is 10.2. The molecule has 4 nitrogen and oxygen atoms in total. The molecule has 1 rings (SSSR count). The van der Waals surface area contributed by atoms with Crippen LogP contribution < -0.4 is 10.6 Å². The first-order chi connectivity index (χ1) is 10.2. The number of guanidine groups is 1. The van der Waals surface area contributed by atoms with E-state index < -0.39 is 0 Å². The first kappa shape index (κ1) is 21.1. The smallest absolute Gasteiger partial charge is 0.191 e. The Morgan fingerprint density at radius 1 is 1.18 bits per heavy atom. The number of likely N-dealkylation sites (N-methyl/N-ethyl adjacent to an activating group) is 1. The second-order valence-electron chi connectivity index (χ2n) is 5.05. The predicted molar refractivity (Wildman–Crippen MR) is 102 cm³/mol. The maximum atomic E-state index is 12.8. The highest BCUT2D eigenvalue weighted by Gasteiger charge is 2.02. The third-order valence-electron chi connectivity index (χ3n) is 2.99. The third kappa shape index (κ3) is 9.19. The number of hydrogen-bond donors (Lipinski definition) is 2. The molecule has 0 atom stereocenters. The van der Waals surface area contributed by atoms with Gasteiger partial charge in [0.1, 0.15) is 5.82 Å². The summed E-state index contributed by atoms with van der Waals surface area (Å²) in [5.74, 6) is 0.681. The molecule has 126 valence electrons. The Kier molecular flexibility index (Phi) is 12.1. The molecule has 0 radical (unpaired) electrons. The minimum atomic E-state index is -0.189. The molecule has 2 N–H and O–H groups in total. The zero-order valence-corrected chi connectivity index (χ0v) is 16.1. The SMILES string of the molecule is CCCN=C(NCC)NCCN(C)Cc1ccc(F)cc1.I. The maximum Gasteiger partial charge on any atom is 0.191 e. The van der Waals surface area contributed by atoms with Crippen molar-refractivity contribution in [3.05, 3.63) is 35.6 Å². The molecular weight excluding hydrogens is 394 g/mol. The molecule has 0 saturated carbocycles. The van der Waals surface area contributed by atoms with Crippen LogP contribution in [0.15, 0.2) is 29.3 Å². The van der Waals surface area contributed by atoms with Gasteiger partial charge in [-0.1, -0.05) is 19.1 Å². The fourth-order valence-electron chi connectivity index (χ4n) is 1.91. The van der Waals surface area contributed by atoms with Crippen molar-refractivity contribution in [2.24, 2.45) is 4.99 Å². The minimum Gasteiger partial charge on any atom is -0.357 e. The van der Waals surface area contributed by atoms with Crippen molar-refractivity contribution in [1.29, 1.82) is 0 Å². The molecule has 6 heteroatoms. The summed E-state index contributed by atoms with van der Waals surface area (Å²) in [5.41, 5.74) is 1.12. The van der Waals surface area contributed by atoms with E-state index in [-0.39, 0.29) is 29.8 Å². The summed E-state index contributed by atoms with van der Waals surface area (Å²) in [4.78, 5) is 6.65. The van der Waals surface area contributed by atoms with Crippen LogP contribution in [0.25, 0.3) is 0 Å². The van der Waals surface area contributed by atoms with Crippen LogP contribution in [0.5, 0.6) is 0 Å². The summed E-state index contributed by atoms with van der Waals surface area (Å²) in [5, 5.41) is 6.54. The van der Waals surface area contributed by atoms with E-state index in [0.29, 0.717) is 0 Å². The summed E-state index contributed by atoms with van der Waals surface area (Å²) in [7, 11) is 2.06. The summed E-state index contributed by atoms with van der Waals surface area (Å²) < 4.78 is 12.8. The standard InChI is InChI=1S/C16H27FN4.HI/c1-4-10-19-16(18-5-2)20-11-12-21(3)13-14-6-8-15(17)9-7-14;/h6-9H,4-5,10-13H2,1-3H3,(H2,18,19,20);1H. The number of benzene rings is 1. The Hall–Kier alpha value is -0.890. The molecule has 0 aliphatic heterocycles. The molecule has 22 heavy (non-hydrogen) atoms. The van der Waals surface area contributed by atoms with Crippen LogP contribution >= 0.6 is 24.0 Å². The van der Waals surface area contributed by atoms with E-state index in [0.717, 1.165) is 50.7 Å². The van der Waals surface area contributed by atoms with Crippen LogP contribution in [0.2, 0.25) is 0 Å². The van der Waals surface area contributed by atoms with E-state index >= 15 is 0 Å². The molecule has 0 fully saturated rings. The molecule has 0 saturated heterocycles. The van der Waals surface area contributed by atoms with Gasteiger partial charge in [0.25, 0.3) is 0 Å². The van der Waals surface area contributed by atoms with E-state index in [1.54, 1.807) is 0 Å². The number of nitrogens with zero attached hydrogens (tertiary/aromatic N) is 2. The largest absolute Gasteiger partial charge is 0.357 e. The molecule has 0 spiro atoms. The van der Waals surface area contributed by atoms with Crippen molar-refractivity contribution < 1.29 is 4.39 Å². The van der Waals surface area contributed by atoms with Crippen molar-refractivity contribution in [2.45, 2.75) is 26.8 Å². The Bertz CT molecular complexity index is 423. The molecule has 0 heterocycles. The van der Waals surface area contributed by atoms with E-state index in [4.69, 9.17) is 0 Å². The van der Waals surface area contributed by atoms with Gasteiger partial charge in [0, 0.05) is 32.7 Å². The molecule has 0 amide bonds. The van der Waals surface area contributed by atoms with E-state index in [2.05, 4.69) is 41.4 Å². The zero-order valence-electron chi connectivity index (χ0n) is 13.7. The zero-order chi connectivity index (χ0) is 15.5. The predicted octanol–water partition coefficient (Wildman–Crippen LogP) is 2.84. The maximum absolute atomic E-state index is 12.8. The Morgan fingerprint density at radius 2 is 1.86 bits per heavy atom. The first-order valence-corrected chi connectivity index (χ1v) is 7.60. The average Bonchev–Trinajstić information content (AvgIpc) is 2.47. The Balaban J connectivity index is 0.00000441. The van der Waals surface area contributed by atoms with E-state index in [1.807, 2.05) is 12.1 Å². The fourth-order valence-corrected chi connectivity index (χ4v) is 1.91. The van der Waals surface area contributed by atoms with Crippen molar-refractivity contribution in [3.8, 4) is 0 Å².